The van der Waals surface area contributed by atoms with Gasteiger partial charge in [0, 0.05) is 28.6 Å². The van der Waals surface area contributed by atoms with Gasteiger partial charge >= 0.3 is 0 Å². The monoisotopic (exact) mass is 391 g/mol. The lowest BCUT2D eigenvalue weighted by molar-refractivity contribution is 0.622. The fraction of sp³-hybridized carbons (Fsp3) is 0.889. The molecule has 0 bridgehead atoms. The van der Waals surface area contributed by atoms with E-state index in [0.29, 0.717) is 0 Å². The van der Waals surface area contributed by atoms with Gasteiger partial charge < -0.3 is 5.73 Å². The second kappa shape index (κ2) is 13.3. The summed E-state index contributed by atoms with van der Waals surface area (Å²) in [6.45, 7) is 0.766. The van der Waals surface area contributed by atoms with Gasteiger partial charge in [-0.2, -0.15) is 0 Å². The molecule has 0 radical (unpaired) electrons. The topological polar surface area (TPSA) is 26.0 Å². The molecule has 2 heterocycles. The molecule has 2 atom stereocenters. The lowest BCUT2D eigenvalue weighted by Crippen LogP contribution is -2.08. The van der Waals surface area contributed by atoms with Gasteiger partial charge in [0.2, 0.25) is 0 Å². The number of unbranched alkanes of at least 4 members (excludes halogenated alkanes) is 2. The third kappa shape index (κ3) is 9.39. The average molecular weight is 392 g/mol. The highest BCUT2D eigenvalue weighted by Crippen LogP contribution is 2.39. The van der Waals surface area contributed by atoms with Gasteiger partial charge in [-0.25, -0.2) is 0 Å². The fourth-order valence-corrected chi connectivity index (χ4v) is 8.97. The van der Waals surface area contributed by atoms with Crippen LogP contribution in [-0.4, -0.2) is 28.6 Å². The highest BCUT2D eigenvalue weighted by molar-refractivity contribution is 8.77. The van der Waals surface area contributed by atoms with Crippen LogP contribution in [0, 0.1) is 0 Å². The number of hydrogen-bond donors (Lipinski definition) is 1. The van der Waals surface area contributed by atoms with Gasteiger partial charge in [0.05, 0.1) is 0 Å². The Labute approximate surface area is 159 Å². The van der Waals surface area contributed by atoms with Crippen LogP contribution in [0.2, 0.25) is 0 Å². The molecule has 0 aromatic rings. The lowest BCUT2D eigenvalue weighted by atomic mass is 10.0. The van der Waals surface area contributed by atoms with Crippen LogP contribution in [0.3, 0.4) is 0 Å². The largest absolute Gasteiger partial charge is 0.327 e. The maximum Gasteiger partial charge on any atom is 0.0151 e. The van der Waals surface area contributed by atoms with E-state index in [0.717, 1.165) is 17.0 Å². The molecule has 2 aliphatic heterocycles. The standard InChI is InChI=1S/C18H33NS4/c19-15-16(8-4-10-18-12-6-14-21-23-18)7-2-1-3-9-17-11-5-13-20-22-17/h7,17-18H,1-6,8-15,19H2/b16-7-. The Kier molecular flexibility index (Phi) is 11.8. The molecule has 1 nitrogen and oxygen atoms in total. The Morgan fingerprint density at radius 2 is 1.57 bits per heavy atom. The third-order valence-corrected chi connectivity index (χ3v) is 10.7. The Morgan fingerprint density at radius 3 is 2.13 bits per heavy atom. The first-order valence-corrected chi connectivity index (χ1v) is 14.1. The Hall–Kier alpha value is 1.10. The van der Waals surface area contributed by atoms with Crippen molar-refractivity contribution in [1.82, 2.24) is 0 Å². The van der Waals surface area contributed by atoms with Crippen molar-refractivity contribution in [3.05, 3.63) is 11.6 Å². The number of nitrogens with two attached hydrogens (primary N) is 1. The lowest BCUT2D eigenvalue weighted by Gasteiger charge is -2.20. The van der Waals surface area contributed by atoms with Gasteiger partial charge in [-0.05, 0) is 64.2 Å². The minimum absolute atomic E-state index is 0.766. The summed E-state index contributed by atoms with van der Waals surface area (Å²) in [4.78, 5) is 0. The summed E-state index contributed by atoms with van der Waals surface area (Å²) in [6, 6.07) is 0. The molecule has 0 saturated carbocycles. The third-order valence-electron chi connectivity index (χ3n) is 4.62. The van der Waals surface area contributed by atoms with Crippen LogP contribution < -0.4 is 5.73 Å². The normalized spacial score (nSPS) is 26.4. The zero-order chi connectivity index (χ0) is 16.2. The highest BCUT2D eigenvalue weighted by Gasteiger charge is 2.15. The van der Waals surface area contributed by atoms with Crippen LogP contribution in [0.4, 0.5) is 0 Å². The van der Waals surface area contributed by atoms with Gasteiger partial charge in [-0.3, -0.25) is 0 Å². The Balaban J connectivity index is 1.50. The van der Waals surface area contributed by atoms with Gasteiger partial charge in [0.25, 0.3) is 0 Å². The molecular weight excluding hydrogens is 358 g/mol. The zero-order valence-electron chi connectivity index (χ0n) is 14.3. The van der Waals surface area contributed by atoms with E-state index in [9.17, 15) is 0 Å². The first kappa shape index (κ1) is 20.4. The molecule has 134 valence electrons. The van der Waals surface area contributed by atoms with Crippen LogP contribution in [0.1, 0.15) is 70.6 Å². The van der Waals surface area contributed by atoms with E-state index in [1.165, 1.54) is 87.7 Å². The maximum absolute atomic E-state index is 5.94. The van der Waals surface area contributed by atoms with Gasteiger partial charge in [0.1, 0.15) is 0 Å². The van der Waals surface area contributed by atoms with E-state index in [-0.39, 0.29) is 0 Å². The number of rotatable bonds is 10. The first-order valence-electron chi connectivity index (χ1n) is 9.33. The maximum atomic E-state index is 5.94. The second-order valence-electron chi connectivity index (χ2n) is 6.61. The molecule has 0 aromatic carbocycles. The predicted molar refractivity (Wildman–Crippen MR) is 116 cm³/mol. The van der Waals surface area contributed by atoms with Crippen molar-refractivity contribution in [2.75, 3.05) is 18.1 Å². The smallest absolute Gasteiger partial charge is 0.0151 e. The number of allylic oxidation sites excluding steroid dienone is 1. The van der Waals surface area contributed by atoms with E-state index in [1.54, 1.807) is 0 Å². The fourth-order valence-electron chi connectivity index (χ4n) is 3.18. The molecule has 0 aromatic heterocycles. The molecule has 2 rings (SSSR count). The van der Waals surface area contributed by atoms with Crippen molar-refractivity contribution < 1.29 is 0 Å². The second-order valence-corrected chi connectivity index (χ2v) is 12.2. The van der Waals surface area contributed by atoms with Crippen molar-refractivity contribution in [2.45, 2.75) is 81.1 Å². The van der Waals surface area contributed by atoms with Crippen molar-refractivity contribution in [3.63, 3.8) is 0 Å². The quantitative estimate of drug-likeness (QED) is 0.254. The predicted octanol–water partition coefficient (Wildman–Crippen LogP) is 6.69. The minimum Gasteiger partial charge on any atom is -0.327 e. The number of hydrogen-bond acceptors (Lipinski definition) is 5. The summed E-state index contributed by atoms with van der Waals surface area (Å²) in [5.74, 6) is 2.72. The Morgan fingerprint density at radius 1 is 0.913 bits per heavy atom. The van der Waals surface area contributed by atoms with Crippen LogP contribution in [0.25, 0.3) is 0 Å². The minimum atomic E-state index is 0.766. The van der Waals surface area contributed by atoms with Crippen LogP contribution in [-0.2, 0) is 0 Å². The summed E-state index contributed by atoms with van der Waals surface area (Å²) in [6.07, 6.45) is 17.5. The molecule has 2 N–H and O–H groups in total. The SMILES string of the molecule is NC/C(=C\CCCCC1CCCSS1)CCCC1CCCSS1. The molecule has 2 unspecified atom stereocenters. The summed E-state index contributed by atoms with van der Waals surface area (Å²) < 4.78 is 0. The molecule has 2 saturated heterocycles. The van der Waals surface area contributed by atoms with Crippen molar-refractivity contribution in [1.29, 1.82) is 0 Å². The highest BCUT2D eigenvalue weighted by atomic mass is 33.1. The Bertz CT molecular complexity index is 323. The van der Waals surface area contributed by atoms with E-state index in [1.807, 2.05) is 0 Å². The van der Waals surface area contributed by atoms with E-state index in [2.05, 4.69) is 49.3 Å². The zero-order valence-corrected chi connectivity index (χ0v) is 17.6. The molecule has 2 fully saturated rings. The van der Waals surface area contributed by atoms with Crippen molar-refractivity contribution in [2.24, 2.45) is 5.73 Å². The van der Waals surface area contributed by atoms with E-state index in [4.69, 9.17) is 5.73 Å². The first-order chi connectivity index (χ1) is 11.4. The van der Waals surface area contributed by atoms with Crippen molar-refractivity contribution >= 4 is 43.2 Å². The molecule has 2 aliphatic rings. The summed E-state index contributed by atoms with van der Waals surface area (Å²) in [5.41, 5.74) is 7.44. The molecular formula is C18H33NS4. The van der Waals surface area contributed by atoms with Crippen LogP contribution in [0.15, 0.2) is 11.6 Å². The van der Waals surface area contributed by atoms with Gasteiger partial charge in [0.15, 0.2) is 0 Å². The van der Waals surface area contributed by atoms with Crippen LogP contribution in [0.5, 0.6) is 0 Å². The molecule has 0 aliphatic carbocycles. The molecule has 23 heavy (non-hydrogen) atoms. The summed E-state index contributed by atoms with van der Waals surface area (Å²) >= 11 is 0. The molecule has 5 heteroatoms. The summed E-state index contributed by atoms with van der Waals surface area (Å²) in [5, 5.41) is 1.83. The van der Waals surface area contributed by atoms with E-state index < -0.39 is 0 Å². The average Bonchev–Trinajstić information content (AvgIpc) is 2.61. The van der Waals surface area contributed by atoms with E-state index >= 15 is 0 Å². The van der Waals surface area contributed by atoms with Gasteiger partial charge in [-0.15, -0.1) is 0 Å². The van der Waals surface area contributed by atoms with Crippen molar-refractivity contribution in [3.8, 4) is 0 Å². The summed E-state index contributed by atoms with van der Waals surface area (Å²) in [7, 11) is 8.41. The van der Waals surface area contributed by atoms with Crippen LogP contribution >= 0.6 is 43.2 Å². The molecule has 0 amide bonds. The van der Waals surface area contributed by atoms with Gasteiger partial charge in [-0.1, -0.05) is 61.2 Å². The molecule has 0 spiro atoms.